The van der Waals surface area contributed by atoms with Gasteiger partial charge in [-0.1, -0.05) is 13.0 Å². The topological polar surface area (TPSA) is 27.0 Å². The van der Waals surface area contributed by atoms with Crippen molar-refractivity contribution in [1.82, 2.24) is 4.90 Å². The van der Waals surface area contributed by atoms with Crippen LogP contribution in [0.2, 0.25) is 0 Å². The van der Waals surface area contributed by atoms with Crippen LogP contribution in [-0.4, -0.2) is 18.0 Å². The summed E-state index contributed by atoms with van der Waals surface area (Å²) in [5.74, 6) is -0.219. The Balaban J connectivity index is 2.78. The first-order chi connectivity index (χ1) is 7.17. The zero-order chi connectivity index (χ0) is 11.3. The molecule has 0 bridgehead atoms. The Morgan fingerprint density at radius 1 is 1.47 bits per heavy atom. The highest BCUT2D eigenvalue weighted by Crippen LogP contribution is 2.12. The van der Waals surface area contributed by atoms with Gasteiger partial charge in [-0.05, 0) is 36.7 Å². The average Bonchev–Trinajstić information content (AvgIpc) is 2.22. The molecule has 0 aromatic heterocycles. The molecule has 0 unspecified atom stereocenters. The van der Waals surface area contributed by atoms with E-state index < -0.39 is 0 Å². The summed E-state index contributed by atoms with van der Waals surface area (Å²) in [6.45, 7) is 5.75. The fourth-order valence-electron chi connectivity index (χ4n) is 1.43. The Hall–Kier alpha value is -1.40. The summed E-state index contributed by atoms with van der Waals surface area (Å²) in [4.78, 5) is 1.97. The van der Waals surface area contributed by atoms with Crippen LogP contribution in [0.15, 0.2) is 18.2 Å². The summed E-state index contributed by atoms with van der Waals surface area (Å²) in [6, 6.07) is 6.87. The van der Waals surface area contributed by atoms with Crippen LogP contribution in [0.5, 0.6) is 0 Å². The summed E-state index contributed by atoms with van der Waals surface area (Å²) < 4.78 is 13.0. The number of aryl methyl sites for hydroxylation is 1. The van der Waals surface area contributed by atoms with Gasteiger partial charge in [0.1, 0.15) is 5.82 Å². The summed E-state index contributed by atoms with van der Waals surface area (Å²) in [5.41, 5.74) is 2.01. The first-order valence-electron chi connectivity index (χ1n) is 5.01. The molecule has 0 spiro atoms. The first-order valence-corrected chi connectivity index (χ1v) is 5.01. The van der Waals surface area contributed by atoms with E-state index in [4.69, 9.17) is 5.26 Å². The fraction of sp³-hybridized carbons (Fsp3) is 0.417. The van der Waals surface area contributed by atoms with E-state index in [0.717, 1.165) is 17.7 Å². The van der Waals surface area contributed by atoms with Gasteiger partial charge in [0.2, 0.25) is 0 Å². The second kappa shape index (κ2) is 5.47. The molecule has 0 atom stereocenters. The van der Waals surface area contributed by atoms with Gasteiger partial charge in [0.25, 0.3) is 0 Å². The molecule has 2 nitrogen and oxygen atoms in total. The van der Waals surface area contributed by atoms with Crippen molar-refractivity contribution in [3.63, 3.8) is 0 Å². The standard InChI is InChI=1S/C12H15FN2/c1-3-15(7-6-14)9-11-8-12(13)5-4-10(11)2/h4-5,8H,3,7,9H2,1-2H3. The third kappa shape index (κ3) is 3.34. The lowest BCUT2D eigenvalue weighted by molar-refractivity contribution is 0.313. The zero-order valence-corrected chi connectivity index (χ0v) is 9.13. The van der Waals surface area contributed by atoms with E-state index in [-0.39, 0.29) is 5.82 Å². The lowest BCUT2D eigenvalue weighted by atomic mass is 10.1. The van der Waals surface area contributed by atoms with Crippen LogP contribution in [0.1, 0.15) is 18.1 Å². The molecule has 0 saturated heterocycles. The number of nitriles is 1. The quantitative estimate of drug-likeness (QED) is 0.708. The Morgan fingerprint density at radius 3 is 2.80 bits per heavy atom. The van der Waals surface area contributed by atoms with E-state index in [9.17, 15) is 4.39 Å². The number of nitrogens with zero attached hydrogens (tertiary/aromatic N) is 2. The van der Waals surface area contributed by atoms with Crippen LogP contribution in [-0.2, 0) is 6.54 Å². The molecule has 0 amide bonds. The molecule has 0 heterocycles. The number of benzene rings is 1. The molecular weight excluding hydrogens is 191 g/mol. The molecule has 15 heavy (non-hydrogen) atoms. The van der Waals surface area contributed by atoms with Crippen molar-refractivity contribution in [1.29, 1.82) is 5.26 Å². The molecule has 80 valence electrons. The van der Waals surface area contributed by atoms with E-state index in [1.807, 2.05) is 18.7 Å². The maximum atomic E-state index is 13.0. The van der Waals surface area contributed by atoms with E-state index in [1.165, 1.54) is 12.1 Å². The predicted molar refractivity (Wildman–Crippen MR) is 57.7 cm³/mol. The van der Waals surface area contributed by atoms with E-state index in [1.54, 1.807) is 6.07 Å². The lowest BCUT2D eigenvalue weighted by Crippen LogP contribution is -2.23. The lowest BCUT2D eigenvalue weighted by Gasteiger charge is -2.17. The molecule has 1 aromatic rings. The molecular formula is C12H15FN2. The molecule has 0 aliphatic rings. The van der Waals surface area contributed by atoms with Gasteiger partial charge in [-0.25, -0.2) is 4.39 Å². The summed E-state index contributed by atoms with van der Waals surface area (Å²) in [7, 11) is 0. The van der Waals surface area contributed by atoms with Gasteiger partial charge in [0.05, 0.1) is 12.6 Å². The SMILES string of the molecule is CCN(CC#N)Cc1cc(F)ccc1C. The highest BCUT2D eigenvalue weighted by molar-refractivity contribution is 5.26. The summed E-state index contributed by atoms with van der Waals surface area (Å²) in [6.07, 6.45) is 0. The van der Waals surface area contributed by atoms with Crippen molar-refractivity contribution in [2.45, 2.75) is 20.4 Å². The normalized spacial score (nSPS) is 10.3. The van der Waals surface area contributed by atoms with Crippen molar-refractivity contribution in [2.75, 3.05) is 13.1 Å². The minimum absolute atomic E-state index is 0.219. The van der Waals surface area contributed by atoms with Crippen LogP contribution in [0.4, 0.5) is 4.39 Å². The maximum absolute atomic E-state index is 13.0. The molecule has 0 N–H and O–H groups in total. The molecule has 1 rings (SSSR count). The van der Waals surface area contributed by atoms with Crippen molar-refractivity contribution < 1.29 is 4.39 Å². The van der Waals surface area contributed by atoms with Gasteiger partial charge in [-0.15, -0.1) is 0 Å². The van der Waals surface area contributed by atoms with Gasteiger partial charge >= 0.3 is 0 Å². The third-order valence-electron chi connectivity index (χ3n) is 2.45. The minimum Gasteiger partial charge on any atom is -0.287 e. The second-order valence-corrected chi connectivity index (χ2v) is 3.53. The van der Waals surface area contributed by atoms with Crippen molar-refractivity contribution in [3.8, 4) is 6.07 Å². The monoisotopic (exact) mass is 206 g/mol. The zero-order valence-electron chi connectivity index (χ0n) is 9.13. The van der Waals surface area contributed by atoms with Gasteiger partial charge in [-0.3, -0.25) is 4.90 Å². The Labute approximate surface area is 89.9 Å². The third-order valence-corrected chi connectivity index (χ3v) is 2.45. The van der Waals surface area contributed by atoms with Gasteiger partial charge < -0.3 is 0 Å². The van der Waals surface area contributed by atoms with Crippen LogP contribution in [0.25, 0.3) is 0 Å². The first kappa shape index (κ1) is 11.7. The molecule has 0 aliphatic heterocycles. The smallest absolute Gasteiger partial charge is 0.123 e. The van der Waals surface area contributed by atoms with Gasteiger partial charge in [0, 0.05) is 6.54 Å². The molecule has 1 aromatic carbocycles. The predicted octanol–water partition coefficient (Wildman–Crippen LogP) is 2.48. The molecule has 0 aliphatic carbocycles. The molecule has 0 radical (unpaired) electrons. The van der Waals surface area contributed by atoms with Crippen LogP contribution in [0, 0.1) is 24.1 Å². The van der Waals surface area contributed by atoms with E-state index >= 15 is 0 Å². The van der Waals surface area contributed by atoms with Crippen molar-refractivity contribution in [3.05, 3.63) is 35.1 Å². The van der Waals surface area contributed by atoms with E-state index in [0.29, 0.717) is 13.1 Å². The number of hydrogen-bond donors (Lipinski definition) is 0. The molecule has 0 saturated carbocycles. The van der Waals surface area contributed by atoms with Gasteiger partial charge in [0.15, 0.2) is 0 Å². The highest BCUT2D eigenvalue weighted by atomic mass is 19.1. The number of halogens is 1. The Morgan fingerprint density at radius 2 is 2.20 bits per heavy atom. The van der Waals surface area contributed by atoms with Crippen LogP contribution in [0.3, 0.4) is 0 Å². The molecule has 3 heteroatoms. The van der Waals surface area contributed by atoms with Crippen LogP contribution < -0.4 is 0 Å². The van der Waals surface area contributed by atoms with Crippen LogP contribution >= 0.6 is 0 Å². The average molecular weight is 206 g/mol. The number of rotatable bonds is 4. The van der Waals surface area contributed by atoms with E-state index in [2.05, 4.69) is 6.07 Å². The Bertz CT molecular complexity index is 368. The number of hydrogen-bond acceptors (Lipinski definition) is 2. The summed E-state index contributed by atoms with van der Waals surface area (Å²) >= 11 is 0. The van der Waals surface area contributed by atoms with Gasteiger partial charge in [-0.2, -0.15) is 5.26 Å². The maximum Gasteiger partial charge on any atom is 0.123 e. The highest BCUT2D eigenvalue weighted by Gasteiger charge is 2.06. The Kier molecular flexibility index (Phi) is 4.26. The molecule has 0 fully saturated rings. The van der Waals surface area contributed by atoms with Crippen molar-refractivity contribution >= 4 is 0 Å². The largest absolute Gasteiger partial charge is 0.287 e. The van der Waals surface area contributed by atoms with Crippen molar-refractivity contribution in [2.24, 2.45) is 0 Å². The second-order valence-electron chi connectivity index (χ2n) is 3.53. The summed E-state index contributed by atoms with van der Waals surface area (Å²) in [5, 5.41) is 8.60. The fourth-order valence-corrected chi connectivity index (χ4v) is 1.43. The minimum atomic E-state index is -0.219.